The number of rotatable bonds is 2. The summed E-state index contributed by atoms with van der Waals surface area (Å²) in [5.74, 6) is 0. The zero-order valence-corrected chi connectivity index (χ0v) is 11.8. The van der Waals surface area contributed by atoms with Crippen molar-refractivity contribution in [2.24, 2.45) is 5.73 Å². The van der Waals surface area contributed by atoms with Crippen molar-refractivity contribution in [1.82, 2.24) is 4.90 Å². The Hall–Kier alpha value is -1.63. The van der Waals surface area contributed by atoms with Crippen LogP contribution in [0.3, 0.4) is 0 Å². The summed E-state index contributed by atoms with van der Waals surface area (Å²) in [5.41, 5.74) is 4.68. The summed E-state index contributed by atoms with van der Waals surface area (Å²) in [4.78, 5) is 12.5. The lowest BCUT2D eigenvalue weighted by Crippen LogP contribution is -2.44. The van der Waals surface area contributed by atoms with Crippen LogP contribution in [0.15, 0.2) is 18.2 Å². The molecule has 0 spiro atoms. The molecule has 0 atom stereocenters. The molecule has 0 aliphatic carbocycles. The van der Waals surface area contributed by atoms with Gasteiger partial charge in [0.2, 0.25) is 0 Å². The minimum atomic E-state index is -4.41. The molecule has 1 aliphatic heterocycles. The van der Waals surface area contributed by atoms with E-state index in [0.29, 0.717) is 25.9 Å². The Bertz CT molecular complexity index is 528. The Balaban J connectivity index is 2.05. The van der Waals surface area contributed by atoms with Gasteiger partial charge in [-0.15, -0.1) is 0 Å². The van der Waals surface area contributed by atoms with Gasteiger partial charge < -0.3 is 16.0 Å². The van der Waals surface area contributed by atoms with Crippen molar-refractivity contribution in [3.8, 4) is 0 Å². The van der Waals surface area contributed by atoms with Gasteiger partial charge in [0.1, 0.15) is 0 Å². The monoisotopic (exact) mass is 321 g/mol. The van der Waals surface area contributed by atoms with Gasteiger partial charge >= 0.3 is 12.2 Å². The SMILES string of the molecule is NC(=O)N1CCC(Nc2cc(C(F)(F)F)ccc2Cl)CC1. The number of halogens is 4. The fourth-order valence-electron chi connectivity index (χ4n) is 2.28. The quantitative estimate of drug-likeness (QED) is 0.878. The molecule has 116 valence electrons. The molecule has 0 bridgehead atoms. The standard InChI is InChI=1S/C13H15ClF3N3O/c14-10-2-1-8(13(15,16)17)7-11(10)19-9-3-5-20(6-4-9)12(18)21/h1-2,7,9,19H,3-6H2,(H2,18,21). The number of likely N-dealkylation sites (tertiary alicyclic amines) is 1. The number of carbonyl (C=O) groups excluding carboxylic acids is 1. The number of carbonyl (C=O) groups is 1. The van der Waals surface area contributed by atoms with Crippen molar-refractivity contribution in [1.29, 1.82) is 0 Å². The highest BCUT2D eigenvalue weighted by atomic mass is 35.5. The van der Waals surface area contributed by atoms with Crippen molar-refractivity contribution < 1.29 is 18.0 Å². The summed E-state index contributed by atoms with van der Waals surface area (Å²) < 4.78 is 38.1. The number of hydrogen-bond acceptors (Lipinski definition) is 2. The molecule has 1 saturated heterocycles. The van der Waals surface area contributed by atoms with Gasteiger partial charge in [-0.3, -0.25) is 0 Å². The van der Waals surface area contributed by atoms with Crippen LogP contribution in [0.4, 0.5) is 23.7 Å². The second-order valence-corrected chi connectivity index (χ2v) is 5.34. The number of benzene rings is 1. The maximum atomic E-state index is 12.7. The van der Waals surface area contributed by atoms with Gasteiger partial charge in [-0.25, -0.2) is 4.79 Å². The number of primary amides is 1. The molecule has 0 unspecified atom stereocenters. The highest BCUT2D eigenvalue weighted by Crippen LogP contribution is 2.34. The van der Waals surface area contributed by atoms with Crippen LogP contribution in [0.25, 0.3) is 0 Å². The lowest BCUT2D eigenvalue weighted by atomic mass is 10.0. The zero-order chi connectivity index (χ0) is 15.6. The first-order chi connectivity index (χ1) is 9.77. The molecule has 1 aromatic rings. The molecule has 0 aromatic heterocycles. The molecule has 8 heteroatoms. The van der Waals surface area contributed by atoms with Crippen molar-refractivity contribution >= 4 is 23.3 Å². The average molecular weight is 322 g/mol. The molecule has 1 fully saturated rings. The summed E-state index contributed by atoms with van der Waals surface area (Å²) in [6, 6.07) is 2.66. The van der Waals surface area contributed by atoms with Gasteiger partial charge in [-0.2, -0.15) is 13.2 Å². The van der Waals surface area contributed by atoms with E-state index in [1.165, 1.54) is 11.0 Å². The van der Waals surface area contributed by atoms with Gasteiger partial charge in [0.25, 0.3) is 0 Å². The summed E-state index contributed by atoms with van der Waals surface area (Å²) in [6.45, 7) is 0.952. The zero-order valence-electron chi connectivity index (χ0n) is 11.1. The Labute approximate surface area is 125 Å². The third-order valence-electron chi connectivity index (χ3n) is 3.46. The summed E-state index contributed by atoms with van der Waals surface area (Å²) in [6.07, 6.45) is -3.19. The largest absolute Gasteiger partial charge is 0.416 e. The van der Waals surface area contributed by atoms with Gasteiger partial charge in [0.15, 0.2) is 0 Å². The number of amides is 2. The van der Waals surface area contributed by atoms with Crippen LogP contribution in [0.5, 0.6) is 0 Å². The Morgan fingerprint density at radius 1 is 1.33 bits per heavy atom. The molecule has 0 saturated carbocycles. The van der Waals surface area contributed by atoms with Gasteiger partial charge in [-0.05, 0) is 31.0 Å². The minimum Gasteiger partial charge on any atom is -0.381 e. The molecule has 1 aromatic carbocycles. The van der Waals surface area contributed by atoms with E-state index in [2.05, 4.69) is 5.32 Å². The maximum Gasteiger partial charge on any atom is 0.416 e. The van der Waals surface area contributed by atoms with Crippen molar-refractivity contribution in [2.45, 2.75) is 25.1 Å². The van der Waals surface area contributed by atoms with Crippen LogP contribution in [0.1, 0.15) is 18.4 Å². The third kappa shape index (κ3) is 3.93. The molecule has 4 nitrogen and oxygen atoms in total. The van der Waals surface area contributed by atoms with E-state index in [4.69, 9.17) is 17.3 Å². The Kier molecular flexibility index (Phi) is 4.51. The first-order valence-electron chi connectivity index (χ1n) is 6.45. The normalized spacial score (nSPS) is 16.9. The number of urea groups is 1. The number of piperidine rings is 1. The van der Waals surface area contributed by atoms with Gasteiger partial charge in [0, 0.05) is 19.1 Å². The lowest BCUT2D eigenvalue weighted by molar-refractivity contribution is -0.137. The van der Waals surface area contributed by atoms with E-state index < -0.39 is 17.8 Å². The van der Waals surface area contributed by atoms with Crippen LogP contribution in [0.2, 0.25) is 5.02 Å². The van der Waals surface area contributed by atoms with Crippen LogP contribution >= 0.6 is 11.6 Å². The molecule has 2 rings (SSSR count). The topological polar surface area (TPSA) is 58.4 Å². The molecule has 1 heterocycles. The van der Waals surface area contributed by atoms with Gasteiger partial charge in [0.05, 0.1) is 16.3 Å². The van der Waals surface area contributed by atoms with Crippen molar-refractivity contribution in [3.63, 3.8) is 0 Å². The van der Waals surface area contributed by atoms with E-state index in [9.17, 15) is 18.0 Å². The second-order valence-electron chi connectivity index (χ2n) is 4.94. The van der Waals surface area contributed by atoms with E-state index in [1.54, 1.807) is 0 Å². The van der Waals surface area contributed by atoms with Crippen LogP contribution in [-0.2, 0) is 6.18 Å². The fraction of sp³-hybridized carbons (Fsp3) is 0.462. The molecular formula is C13H15ClF3N3O. The predicted octanol–water partition coefficient (Wildman–Crippen LogP) is 3.31. The second kappa shape index (κ2) is 6.01. The van der Waals surface area contributed by atoms with E-state index in [0.717, 1.165) is 12.1 Å². The average Bonchev–Trinajstić information content (AvgIpc) is 2.40. The fourth-order valence-corrected chi connectivity index (χ4v) is 2.45. The summed E-state index contributed by atoms with van der Waals surface area (Å²) >= 11 is 5.93. The molecule has 1 aliphatic rings. The highest BCUT2D eigenvalue weighted by Gasteiger charge is 2.31. The minimum absolute atomic E-state index is 0.0402. The molecule has 2 amide bonds. The number of anilines is 1. The molecule has 3 N–H and O–H groups in total. The summed E-state index contributed by atoms with van der Waals surface area (Å²) in [7, 11) is 0. The lowest BCUT2D eigenvalue weighted by Gasteiger charge is -2.32. The smallest absolute Gasteiger partial charge is 0.381 e. The van der Waals surface area contributed by atoms with Crippen LogP contribution in [0, 0.1) is 0 Å². The third-order valence-corrected chi connectivity index (χ3v) is 3.79. The molecule has 21 heavy (non-hydrogen) atoms. The Morgan fingerprint density at radius 3 is 2.48 bits per heavy atom. The predicted molar refractivity (Wildman–Crippen MR) is 74.3 cm³/mol. The Morgan fingerprint density at radius 2 is 1.95 bits per heavy atom. The number of nitrogens with two attached hydrogens (primary N) is 1. The molecule has 0 radical (unpaired) electrons. The number of nitrogens with zero attached hydrogens (tertiary/aromatic N) is 1. The van der Waals surface area contributed by atoms with E-state index in [-0.39, 0.29) is 16.8 Å². The van der Waals surface area contributed by atoms with E-state index in [1.807, 2.05) is 0 Å². The number of alkyl halides is 3. The number of nitrogens with one attached hydrogen (secondary N) is 1. The van der Waals surface area contributed by atoms with Crippen molar-refractivity contribution in [2.75, 3.05) is 18.4 Å². The van der Waals surface area contributed by atoms with Gasteiger partial charge in [-0.1, -0.05) is 11.6 Å². The number of hydrogen-bond donors (Lipinski definition) is 2. The summed E-state index contributed by atoms with van der Waals surface area (Å²) in [5, 5.41) is 3.25. The molecular weight excluding hydrogens is 307 g/mol. The maximum absolute atomic E-state index is 12.7. The van der Waals surface area contributed by atoms with Crippen LogP contribution in [-0.4, -0.2) is 30.1 Å². The first kappa shape index (κ1) is 15.8. The van der Waals surface area contributed by atoms with Crippen LogP contribution < -0.4 is 11.1 Å². The van der Waals surface area contributed by atoms with Crippen molar-refractivity contribution in [3.05, 3.63) is 28.8 Å². The van der Waals surface area contributed by atoms with E-state index >= 15 is 0 Å². The highest BCUT2D eigenvalue weighted by molar-refractivity contribution is 6.33. The first-order valence-corrected chi connectivity index (χ1v) is 6.83.